The number of hydrogen-bond donors (Lipinski definition) is 2. The Labute approximate surface area is 113 Å². The molecule has 2 N–H and O–H groups in total. The maximum absolute atomic E-state index is 11.0. The van der Waals surface area contributed by atoms with E-state index in [4.69, 9.17) is 16.7 Å². The van der Waals surface area contributed by atoms with Crippen LogP contribution in [0.2, 0.25) is 5.02 Å². The lowest BCUT2D eigenvalue weighted by Crippen LogP contribution is -1.96. The van der Waals surface area contributed by atoms with Gasteiger partial charge in [0.05, 0.1) is 11.3 Å². The van der Waals surface area contributed by atoms with Crippen molar-refractivity contribution in [2.24, 2.45) is 0 Å². The van der Waals surface area contributed by atoms with E-state index in [1.165, 1.54) is 12.3 Å². The average Bonchev–Trinajstić information content (AvgIpc) is 2.81. The first-order chi connectivity index (χ1) is 9.15. The molecule has 0 amide bonds. The van der Waals surface area contributed by atoms with Crippen LogP contribution in [0, 0.1) is 0 Å². The zero-order chi connectivity index (χ0) is 13.4. The molecule has 0 radical (unpaired) electrons. The molecule has 0 fully saturated rings. The number of pyridine rings is 1. The number of benzene rings is 1. The molecule has 3 aromatic rings. The van der Waals surface area contributed by atoms with Crippen molar-refractivity contribution in [2.45, 2.75) is 0 Å². The molecule has 0 atom stereocenters. The van der Waals surface area contributed by atoms with Gasteiger partial charge < -0.3 is 10.1 Å². The van der Waals surface area contributed by atoms with Crippen LogP contribution in [0.4, 0.5) is 0 Å². The number of rotatable bonds is 2. The summed E-state index contributed by atoms with van der Waals surface area (Å²) in [6.45, 7) is 0. The van der Waals surface area contributed by atoms with Gasteiger partial charge in [-0.3, -0.25) is 4.98 Å². The summed E-state index contributed by atoms with van der Waals surface area (Å²) in [5.41, 5.74) is 2.58. The Hall–Kier alpha value is -2.33. The van der Waals surface area contributed by atoms with Gasteiger partial charge in [0.25, 0.3) is 0 Å². The number of carboxylic acids is 1. The van der Waals surface area contributed by atoms with Crippen LogP contribution in [0.1, 0.15) is 10.4 Å². The van der Waals surface area contributed by atoms with Crippen molar-refractivity contribution in [3.05, 3.63) is 53.3 Å². The molecule has 3 rings (SSSR count). The highest BCUT2D eigenvalue weighted by atomic mass is 35.5. The highest BCUT2D eigenvalue weighted by Gasteiger charge is 2.10. The van der Waals surface area contributed by atoms with E-state index in [0.717, 1.165) is 16.5 Å². The van der Waals surface area contributed by atoms with E-state index in [1.807, 2.05) is 12.1 Å². The Kier molecular flexibility index (Phi) is 2.72. The van der Waals surface area contributed by atoms with Crippen LogP contribution in [-0.2, 0) is 0 Å². The maximum atomic E-state index is 11.0. The molecule has 0 saturated heterocycles. The number of carbonyl (C=O) groups is 1. The number of H-pyrrole nitrogens is 1. The van der Waals surface area contributed by atoms with E-state index >= 15 is 0 Å². The van der Waals surface area contributed by atoms with Crippen LogP contribution in [-0.4, -0.2) is 21.0 Å². The van der Waals surface area contributed by atoms with Gasteiger partial charge in [-0.15, -0.1) is 0 Å². The first-order valence-corrected chi connectivity index (χ1v) is 5.99. The summed E-state index contributed by atoms with van der Waals surface area (Å²) in [5, 5.41) is 10.6. The van der Waals surface area contributed by atoms with Gasteiger partial charge in [0.2, 0.25) is 0 Å². The van der Waals surface area contributed by atoms with E-state index in [2.05, 4.69) is 9.97 Å². The molecule has 1 aromatic carbocycles. The van der Waals surface area contributed by atoms with Gasteiger partial charge in [0, 0.05) is 33.9 Å². The highest BCUT2D eigenvalue weighted by Crippen LogP contribution is 2.29. The summed E-state index contributed by atoms with van der Waals surface area (Å²) in [6.07, 6.45) is 3.29. The molecule has 0 bridgehead atoms. The first kappa shape index (κ1) is 11.7. The van der Waals surface area contributed by atoms with Crippen LogP contribution < -0.4 is 0 Å². The summed E-state index contributed by atoms with van der Waals surface area (Å²) < 4.78 is 0. The molecule has 0 unspecified atom stereocenters. The molecule has 4 nitrogen and oxygen atoms in total. The van der Waals surface area contributed by atoms with Crippen molar-refractivity contribution in [3.63, 3.8) is 0 Å². The number of aromatic amines is 1. The van der Waals surface area contributed by atoms with Gasteiger partial charge >= 0.3 is 5.97 Å². The summed E-state index contributed by atoms with van der Waals surface area (Å²) in [5.74, 6) is -0.971. The predicted octanol–water partition coefficient (Wildman–Crippen LogP) is 3.58. The molecule has 2 aromatic heterocycles. The van der Waals surface area contributed by atoms with Crippen LogP contribution in [0.3, 0.4) is 0 Å². The summed E-state index contributed by atoms with van der Waals surface area (Å²) in [6, 6.07) is 8.52. The Balaban J connectivity index is 2.21. The molecular weight excluding hydrogens is 264 g/mol. The van der Waals surface area contributed by atoms with E-state index in [0.29, 0.717) is 10.7 Å². The molecule has 0 aliphatic heterocycles. The van der Waals surface area contributed by atoms with Crippen molar-refractivity contribution >= 4 is 28.5 Å². The molecule has 0 saturated carbocycles. The van der Waals surface area contributed by atoms with Gasteiger partial charge in [-0.2, -0.15) is 0 Å². The van der Waals surface area contributed by atoms with Gasteiger partial charge in [-0.1, -0.05) is 11.6 Å². The topological polar surface area (TPSA) is 66.0 Å². The minimum absolute atomic E-state index is 0.210. The first-order valence-electron chi connectivity index (χ1n) is 5.61. The predicted molar refractivity (Wildman–Crippen MR) is 73.5 cm³/mol. The van der Waals surface area contributed by atoms with E-state index in [-0.39, 0.29) is 5.56 Å². The van der Waals surface area contributed by atoms with Gasteiger partial charge in [-0.05, 0) is 30.3 Å². The Bertz CT molecular complexity index is 780. The third-order valence-electron chi connectivity index (χ3n) is 2.93. The average molecular weight is 273 g/mol. The quantitative estimate of drug-likeness (QED) is 0.749. The minimum atomic E-state index is -0.971. The summed E-state index contributed by atoms with van der Waals surface area (Å²) in [4.78, 5) is 18.3. The van der Waals surface area contributed by atoms with Crippen LogP contribution in [0.15, 0.2) is 42.7 Å². The number of nitrogens with one attached hydrogen (secondary N) is 1. The van der Waals surface area contributed by atoms with Crippen molar-refractivity contribution < 1.29 is 9.90 Å². The lowest BCUT2D eigenvalue weighted by atomic mass is 10.1. The number of halogens is 1. The highest BCUT2D eigenvalue weighted by molar-refractivity contribution is 6.31. The fourth-order valence-electron chi connectivity index (χ4n) is 2.02. The van der Waals surface area contributed by atoms with Crippen molar-refractivity contribution in [1.29, 1.82) is 0 Å². The molecular formula is C14H9ClN2O2. The van der Waals surface area contributed by atoms with Gasteiger partial charge in [-0.25, -0.2) is 4.79 Å². The molecule has 0 aliphatic carbocycles. The second-order valence-corrected chi connectivity index (χ2v) is 4.56. The largest absolute Gasteiger partial charge is 0.478 e. The SMILES string of the molecule is O=C(O)c1ccnc(-c2c[nH]c3ccc(Cl)cc23)c1. The van der Waals surface area contributed by atoms with Crippen LogP contribution in [0.5, 0.6) is 0 Å². The van der Waals surface area contributed by atoms with Gasteiger partial charge in [0.1, 0.15) is 0 Å². The van der Waals surface area contributed by atoms with Crippen molar-refractivity contribution in [1.82, 2.24) is 9.97 Å². The standard InChI is InChI=1S/C14H9ClN2O2/c15-9-1-2-12-10(6-9)11(7-17-12)13-5-8(14(18)19)3-4-16-13/h1-7,17H,(H,18,19). The number of nitrogens with zero attached hydrogens (tertiary/aromatic N) is 1. The van der Waals surface area contributed by atoms with E-state index in [9.17, 15) is 4.79 Å². The third kappa shape index (κ3) is 2.06. The summed E-state index contributed by atoms with van der Waals surface area (Å²) >= 11 is 5.99. The number of hydrogen-bond acceptors (Lipinski definition) is 2. The zero-order valence-corrected chi connectivity index (χ0v) is 10.5. The second-order valence-electron chi connectivity index (χ2n) is 4.13. The molecule has 2 heterocycles. The van der Waals surface area contributed by atoms with Gasteiger partial charge in [0.15, 0.2) is 0 Å². The molecule has 19 heavy (non-hydrogen) atoms. The lowest BCUT2D eigenvalue weighted by Gasteiger charge is -2.01. The Morgan fingerprint density at radius 3 is 2.89 bits per heavy atom. The summed E-state index contributed by atoms with van der Waals surface area (Å²) in [7, 11) is 0. The molecule has 94 valence electrons. The second kappa shape index (κ2) is 4.40. The fourth-order valence-corrected chi connectivity index (χ4v) is 2.19. The van der Waals surface area contributed by atoms with Crippen LogP contribution in [0.25, 0.3) is 22.2 Å². The fraction of sp³-hybridized carbons (Fsp3) is 0. The normalized spacial score (nSPS) is 10.8. The molecule has 5 heteroatoms. The third-order valence-corrected chi connectivity index (χ3v) is 3.16. The molecule has 0 spiro atoms. The Morgan fingerprint density at radius 1 is 1.26 bits per heavy atom. The maximum Gasteiger partial charge on any atom is 0.335 e. The number of aromatic carboxylic acids is 1. The van der Waals surface area contributed by atoms with Crippen molar-refractivity contribution in [2.75, 3.05) is 0 Å². The smallest absolute Gasteiger partial charge is 0.335 e. The van der Waals surface area contributed by atoms with E-state index in [1.54, 1.807) is 18.3 Å². The Morgan fingerprint density at radius 2 is 2.11 bits per heavy atom. The monoisotopic (exact) mass is 272 g/mol. The van der Waals surface area contributed by atoms with Crippen LogP contribution >= 0.6 is 11.6 Å². The molecule has 0 aliphatic rings. The number of fused-ring (bicyclic) bond motifs is 1. The number of aromatic nitrogens is 2. The van der Waals surface area contributed by atoms with E-state index < -0.39 is 5.97 Å². The number of carboxylic acid groups (broad SMARTS) is 1. The zero-order valence-electron chi connectivity index (χ0n) is 9.72. The minimum Gasteiger partial charge on any atom is -0.478 e. The lowest BCUT2D eigenvalue weighted by molar-refractivity contribution is 0.0697. The van der Waals surface area contributed by atoms with Crippen molar-refractivity contribution in [3.8, 4) is 11.3 Å².